The summed E-state index contributed by atoms with van der Waals surface area (Å²) >= 11 is 0. The molecule has 0 aliphatic carbocycles. The van der Waals surface area contributed by atoms with Gasteiger partial charge in [-0.1, -0.05) is 26.8 Å². The first-order valence-corrected chi connectivity index (χ1v) is 14.8. The zero-order valence-electron chi connectivity index (χ0n) is 26.1. The van der Waals surface area contributed by atoms with Crippen molar-refractivity contribution in [2.75, 3.05) is 26.7 Å². The van der Waals surface area contributed by atoms with Crippen molar-refractivity contribution in [1.82, 2.24) is 29.7 Å². The second-order valence-electron chi connectivity index (χ2n) is 11.1. The first-order valence-electron chi connectivity index (χ1n) is 14.8. The van der Waals surface area contributed by atoms with Crippen LogP contribution in [0.25, 0.3) is 22.2 Å². The average Bonchev–Trinajstić information content (AvgIpc) is 3.36. The van der Waals surface area contributed by atoms with Crippen LogP contribution >= 0.6 is 0 Å². The highest BCUT2D eigenvalue weighted by atomic mass is 16.5. The molecular weight excluding hydrogens is 564 g/mol. The lowest BCUT2D eigenvalue weighted by atomic mass is 10.00. The summed E-state index contributed by atoms with van der Waals surface area (Å²) in [4.78, 5) is 70.3. The van der Waals surface area contributed by atoms with Crippen LogP contribution < -0.4 is 5.32 Å². The lowest BCUT2D eigenvalue weighted by Gasteiger charge is -2.31. The summed E-state index contributed by atoms with van der Waals surface area (Å²) in [7, 11) is 1.74. The van der Waals surface area contributed by atoms with Crippen molar-refractivity contribution in [2.45, 2.75) is 65.6 Å². The molecule has 0 aliphatic heterocycles. The van der Waals surface area contributed by atoms with Gasteiger partial charge in [0.15, 0.2) is 0 Å². The van der Waals surface area contributed by atoms with Crippen molar-refractivity contribution in [3.63, 3.8) is 0 Å². The Bertz CT molecular complexity index is 1450. The SMILES string of the molecule is CCc1nc2ccc(-c3cncc(CC(C=O)NC(=O)C(C(C)C)N(C)CCN(C=O)C=O)c3)cc2n1CCCOC(C)=O. The van der Waals surface area contributed by atoms with Gasteiger partial charge in [0.1, 0.15) is 12.1 Å². The number of hydrogen-bond donors (Lipinski definition) is 1. The molecule has 12 nitrogen and oxygen atoms in total. The fourth-order valence-corrected chi connectivity index (χ4v) is 5.28. The molecule has 3 rings (SSSR count). The number of aldehydes is 1. The summed E-state index contributed by atoms with van der Waals surface area (Å²) in [5, 5.41) is 2.85. The maximum Gasteiger partial charge on any atom is 0.302 e. The van der Waals surface area contributed by atoms with Crippen LogP contribution in [0, 0.1) is 5.92 Å². The van der Waals surface area contributed by atoms with Crippen molar-refractivity contribution >= 4 is 42.0 Å². The van der Waals surface area contributed by atoms with Crippen LogP contribution in [0.5, 0.6) is 0 Å². The van der Waals surface area contributed by atoms with E-state index >= 15 is 0 Å². The number of imidazole rings is 1. The van der Waals surface area contributed by atoms with Gasteiger partial charge < -0.3 is 19.4 Å². The number of hydrogen-bond acceptors (Lipinski definition) is 9. The molecule has 0 spiro atoms. The third-order valence-electron chi connectivity index (χ3n) is 7.41. The van der Waals surface area contributed by atoms with Crippen LogP contribution in [-0.2, 0) is 48.1 Å². The molecule has 2 aromatic heterocycles. The van der Waals surface area contributed by atoms with E-state index < -0.39 is 12.1 Å². The number of amides is 3. The first-order chi connectivity index (χ1) is 21.1. The van der Waals surface area contributed by atoms with Gasteiger partial charge in [0.2, 0.25) is 18.7 Å². The molecule has 0 bridgehead atoms. The Morgan fingerprint density at radius 1 is 1.07 bits per heavy atom. The molecule has 44 heavy (non-hydrogen) atoms. The fraction of sp³-hybridized carbons (Fsp3) is 0.469. The third-order valence-corrected chi connectivity index (χ3v) is 7.41. The van der Waals surface area contributed by atoms with Gasteiger partial charge in [-0.2, -0.15) is 0 Å². The minimum absolute atomic E-state index is 0.0866. The summed E-state index contributed by atoms with van der Waals surface area (Å²) < 4.78 is 7.25. The van der Waals surface area contributed by atoms with Crippen LogP contribution in [0.2, 0.25) is 0 Å². The molecule has 3 amide bonds. The van der Waals surface area contributed by atoms with Crippen molar-refractivity contribution < 1.29 is 28.7 Å². The molecule has 0 saturated heterocycles. The van der Waals surface area contributed by atoms with E-state index in [4.69, 9.17) is 9.72 Å². The third kappa shape index (κ3) is 9.03. The van der Waals surface area contributed by atoms with Crippen LogP contribution in [-0.4, -0.2) is 94.1 Å². The van der Waals surface area contributed by atoms with Crippen LogP contribution in [0.4, 0.5) is 0 Å². The number of rotatable bonds is 18. The number of nitrogens with zero attached hydrogens (tertiary/aromatic N) is 5. The minimum Gasteiger partial charge on any atom is -0.466 e. The standard InChI is InChI=1S/C32H42N6O6/c1-6-30-35-28-9-8-25(16-29(28)38(30)10-7-13-44-23(4)42)26-14-24(17-33-18-26)15-27(19-39)34-32(43)31(22(2)3)36(5)11-12-37(20-40)21-41/h8-9,14,16-22,27,31H,6-7,10-13,15H2,1-5H3,(H,34,43). The fourth-order valence-electron chi connectivity index (χ4n) is 5.28. The lowest BCUT2D eigenvalue weighted by Crippen LogP contribution is -2.53. The number of carbonyl (C=O) groups is 5. The zero-order valence-corrected chi connectivity index (χ0v) is 26.1. The van der Waals surface area contributed by atoms with Gasteiger partial charge in [-0.05, 0) is 48.7 Å². The number of aryl methyl sites for hydroxylation is 2. The molecule has 2 heterocycles. The molecular formula is C32H42N6O6. The van der Waals surface area contributed by atoms with Crippen molar-refractivity contribution in [3.05, 3.63) is 48.0 Å². The van der Waals surface area contributed by atoms with Gasteiger partial charge >= 0.3 is 5.97 Å². The number of imide groups is 1. The highest BCUT2D eigenvalue weighted by molar-refractivity contribution is 5.85. The van der Waals surface area contributed by atoms with Crippen LogP contribution in [0.1, 0.15) is 45.5 Å². The Balaban J connectivity index is 1.76. The quantitative estimate of drug-likeness (QED) is 0.131. The van der Waals surface area contributed by atoms with Crippen LogP contribution in [0.3, 0.4) is 0 Å². The second-order valence-corrected chi connectivity index (χ2v) is 11.1. The summed E-state index contributed by atoms with van der Waals surface area (Å²) in [6.45, 7) is 8.70. The van der Waals surface area contributed by atoms with E-state index in [1.165, 1.54) is 6.92 Å². The Hall–Kier alpha value is -4.45. The molecule has 2 unspecified atom stereocenters. The number of ether oxygens (including phenoxy) is 1. The number of aromatic nitrogens is 3. The summed E-state index contributed by atoms with van der Waals surface area (Å²) in [6.07, 6.45) is 6.72. The van der Waals surface area contributed by atoms with E-state index in [-0.39, 0.29) is 30.8 Å². The molecule has 0 aliphatic rings. The molecule has 0 saturated carbocycles. The van der Waals surface area contributed by atoms with E-state index in [0.717, 1.165) is 51.2 Å². The molecule has 236 valence electrons. The molecule has 12 heteroatoms. The highest BCUT2D eigenvalue weighted by Gasteiger charge is 2.28. The summed E-state index contributed by atoms with van der Waals surface area (Å²) in [5.41, 5.74) is 4.43. The summed E-state index contributed by atoms with van der Waals surface area (Å²) in [5.74, 6) is 0.252. The molecule has 3 aromatic rings. The van der Waals surface area contributed by atoms with E-state index in [0.29, 0.717) is 38.9 Å². The number of likely N-dealkylation sites (N-methyl/N-ethyl adjacent to an activating group) is 1. The van der Waals surface area contributed by atoms with Gasteiger partial charge in [0.25, 0.3) is 0 Å². The van der Waals surface area contributed by atoms with E-state index in [1.54, 1.807) is 24.3 Å². The maximum atomic E-state index is 13.3. The molecule has 0 fully saturated rings. The Kier molecular flexibility index (Phi) is 12.7. The monoisotopic (exact) mass is 606 g/mol. The second kappa shape index (κ2) is 16.4. The average molecular weight is 607 g/mol. The number of fused-ring (bicyclic) bond motifs is 1. The predicted molar refractivity (Wildman–Crippen MR) is 165 cm³/mol. The Morgan fingerprint density at radius 3 is 2.45 bits per heavy atom. The Labute approximate surface area is 257 Å². The largest absolute Gasteiger partial charge is 0.466 e. The lowest BCUT2D eigenvalue weighted by molar-refractivity contribution is -0.141. The molecule has 1 aromatic carbocycles. The van der Waals surface area contributed by atoms with Crippen LogP contribution in [0.15, 0.2) is 36.7 Å². The topological polar surface area (TPSA) is 144 Å². The number of esters is 1. The number of benzene rings is 1. The molecule has 2 atom stereocenters. The van der Waals surface area contributed by atoms with Gasteiger partial charge in [-0.15, -0.1) is 0 Å². The smallest absolute Gasteiger partial charge is 0.302 e. The zero-order chi connectivity index (χ0) is 32.2. The summed E-state index contributed by atoms with van der Waals surface area (Å²) in [6, 6.07) is 6.63. The minimum atomic E-state index is -0.774. The molecule has 1 N–H and O–H groups in total. The van der Waals surface area contributed by atoms with Crippen molar-refractivity contribution in [2.24, 2.45) is 5.92 Å². The van der Waals surface area contributed by atoms with Crippen molar-refractivity contribution in [3.8, 4) is 11.1 Å². The van der Waals surface area contributed by atoms with E-state index in [2.05, 4.69) is 27.9 Å². The number of carbonyl (C=O) groups excluding carboxylic acids is 5. The van der Waals surface area contributed by atoms with Gasteiger partial charge in [-0.3, -0.25) is 34.0 Å². The normalized spacial score (nSPS) is 12.6. The van der Waals surface area contributed by atoms with Gasteiger partial charge in [0, 0.05) is 57.4 Å². The van der Waals surface area contributed by atoms with E-state index in [9.17, 15) is 24.0 Å². The number of pyridine rings is 1. The Morgan fingerprint density at radius 2 is 1.82 bits per heavy atom. The molecule has 0 radical (unpaired) electrons. The van der Waals surface area contributed by atoms with E-state index in [1.807, 2.05) is 32.0 Å². The number of nitrogens with one attached hydrogen (secondary N) is 1. The van der Waals surface area contributed by atoms with Crippen molar-refractivity contribution in [1.29, 1.82) is 0 Å². The maximum absolute atomic E-state index is 13.3. The first kappa shape index (κ1) is 34.0. The van der Waals surface area contributed by atoms with Gasteiger partial charge in [0.05, 0.1) is 29.7 Å². The highest BCUT2D eigenvalue weighted by Crippen LogP contribution is 2.26. The predicted octanol–water partition coefficient (Wildman–Crippen LogP) is 2.41. The van der Waals surface area contributed by atoms with Gasteiger partial charge in [-0.25, -0.2) is 4.98 Å².